The molecule has 0 aliphatic carbocycles. The van der Waals surface area contributed by atoms with Crippen molar-refractivity contribution in [1.82, 2.24) is 0 Å². The van der Waals surface area contributed by atoms with Gasteiger partial charge in [-0.05, 0) is 55.0 Å². The summed E-state index contributed by atoms with van der Waals surface area (Å²) in [6.07, 6.45) is 15.9. The average Bonchev–Trinajstić information content (AvgIpc) is 3.03. The third kappa shape index (κ3) is 10.1. The molecular formula is C37H44N2O3. The fourth-order valence-electron chi connectivity index (χ4n) is 5.02. The fraction of sp³-hybridized carbons (Fsp3) is 0.378. The number of carbonyl (C=O) groups is 1. The van der Waals surface area contributed by atoms with Crippen molar-refractivity contribution in [1.29, 1.82) is 0 Å². The van der Waals surface area contributed by atoms with E-state index in [4.69, 9.17) is 9.47 Å². The maximum atomic E-state index is 12.9. The zero-order valence-corrected chi connectivity index (χ0v) is 25.0. The molecule has 0 amide bonds. The van der Waals surface area contributed by atoms with E-state index in [0.717, 1.165) is 28.6 Å². The summed E-state index contributed by atoms with van der Waals surface area (Å²) in [5, 5.41) is 10.4. The van der Waals surface area contributed by atoms with E-state index in [1.807, 2.05) is 72.8 Å². The first-order chi connectivity index (χ1) is 20.7. The van der Waals surface area contributed by atoms with Gasteiger partial charge >= 0.3 is 5.97 Å². The van der Waals surface area contributed by atoms with Crippen molar-refractivity contribution in [2.45, 2.75) is 84.0 Å². The van der Waals surface area contributed by atoms with E-state index in [1.54, 1.807) is 18.2 Å². The lowest BCUT2D eigenvalue weighted by atomic mass is 10.1. The minimum atomic E-state index is -0.411. The van der Waals surface area contributed by atoms with Gasteiger partial charge in [-0.2, -0.15) is 5.11 Å². The zero-order chi connectivity index (χ0) is 29.2. The van der Waals surface area contributed by atoms with E-state index in [-0.39, 0.29) is 0 Å². The Balaban J connectivity index is 1.19. The van der Waals surface area contributed by atoms with Gasteiger partial charge in [0.1, 0.15) is 11.5 Å². The Labute approximate surface area is 251 Å². The predicted octanol–water partition coefficient (Wildman–Crippen LogP) is 11.6. The molecule has 0 aliphatic rings. The van der Waals surface area contributed by atoms with Crippen LogP contribution in [0.3, 0.4) is 0 Å². The number of hydrogen-bond donors (Lipinski definition) is 0. The Morgan fingerprint density at radius 1 is 0.595 bits per heavy atom. The Bertz CT molecular complexity index is 1380. The van der Waals surface area contributed by atoms with Crippen molar-refractivity contribution < 1.29 is 14.3 Å². The first-order valence-electron chi connectivity index (χ1n) is 15.7. The highest BCUT2D eigenvalue weighted by Gasteiger charge is 2.13. The average molecular weight is 565 g/mol. The predicted molar refractivity (Wildman–Crippen MR) is 173 cm³/mol. The molecule has 5 nitrogen and oxygen atoms in total. The van der Waals surface area contributed by atoms with Gasteiger partial charge in [-0.25, -0.2) is 4.79 Å². The standard InChI is InChI=1S/C37H44N2O3/c1-2-3-4-5-6-7-8-9-10-11-12-18-29-41-32-25-23-30(24-26-32)37(40)42-36-28-27-35(33-21-16-17-22-34(33)36)39-38-31-19-14-13-15-20-31/h13-17,19-28H,2-12,18,29H2,1H3. The first-order valence-corrected chi connectivity index (χ1v) is 15.7. The summed E-state index contributed by atoms with van der Waals surface area (Å²) in [5.74, 6) is 0.848. The number of nitrogens with zero attached hydrogens (tertiary/aromatic N) is 2. The summed E-state index contributed by atoms with van der Waals surface area (Å²) in [7, 11) is 0. The van der Waals surface area contributed by atoms with E-state index in [9.17, 15) is 4.79 Å². The summed E-state index contributed by atoms with van der Waals surface area (Å²) in [4.78, 5) is 12.9. The van der Waals surface area contributed by atoms with Gasteiger partial charge in [0.2, 0.25) is 0 Å². The molecule has 4 aromatic rings. The van der Waals surface area contributed by atoms with Crippen LogP contribution in [-0.2, 0) is 0 Å². The molecule has 4 aromatic carbocycles. The van der Waals surface area contributed by atoms with Crippen LogP contribution in [0.2, 0.25) is 0 Å². The molecule has 0 bridgehead atoms. The third-order valence-electron chi connectivity index (χ3n) is 7.45. The summed E-state index contributed by atoms with van der Waals surface area (Å²) in [6.45, 7) is 2.97. The second kappa shape index (κ2) is 17.7. The van der Waals surface area contributed by atoms with Gasteiger partial charge in [-0.1, -0.05) is 120 Å². The molecule has 0 spiro atoms. The molecule has 0 fully saturated rings. The molecule has 4 rings (SSSR count). The lowest BCUT2D eigenvalue weighted by Crippen LogP contribution is -2.08. The largest absolute Gasteiger partial charge is 0.494 e. The molecule has 0 N–H and O–H groups in total. The van der Waals surface area contributed by atoms with E-state index < -0.39 is 5.97 Å². The number of esters is 1. The number of unbranched alkanes of at least 4 members (excludes halogenated alkanes) is 11. The molecule has 5 heteroatoms. The third-order valence-corrected chi connectivity index (χ3v) is 7.45. The van der Waals surface area contributed by atoms with E-state index in [0.29, 0.717) is 23.6 Å². The minimum absolute atomic E-state index is 0.411. The molecular weight excluding hydrogens is 520 g/mol. The Morgan fingerprint density at radius 3 is 1.86 bits per heavy atom. The molecule has 0 aromatic heterocycles. The second-order valence-electron chi connectivity index (χ2n) is 10.8. The molecule has 0 saturated carbocycles. The van der Waals surface area contributed by atoms with Gasteiger partial charge in [-0.3, -0.25) is 0 Å². The van der Waals surface area contributed by atoms with Crippen LogP contribution < -0.4 is 9.47 Å². The number of carbonyl (C=O) groups excluding carboxylic acids is 1. The number of hydrogen-bond acceptors (Lipinski definition) is 5. The van der Waals surface area contributed by atoms with Crippen LogP contribution in [0.15, 0.2) is 101 Å². The van der Waals surface area contributed by atoms with Crippen molar-refractivity contribution in [3.63, 3.8) is 0 Å². The number of rotatable bonds is 18. The number of ether oxygens (including phenoxy) is 2. The van der Waals surface area contributed by atoms with Crippen molar-refractivity contribution in [2.24, 2.45) is 10.2 Å². The number of azo groups is 1. The molecule has 42 heavy (non-hydrogen) atoms. The van der Waals surface area contributed by atoms with Gasteiger partial charge in [0.05, 0.1) is 23.5 Å². The molecule has 0 atom stereocenters. The highest BCUT2D eigenvalue weighted by Crippen LogP contribution is 2.34. The minimum Gasteiger partial charge on any atom is -0.494 e. The maximum Gasteiger partial charge on any atom is 0.343 e. The summed E-state index contributed by atoms with van der Waals surface area (Å²) >= 11 is 0. The number of benzene rings is 4. The van der Waals surface area contributed by atoms with Crippen LogP contribution in [-0.4, -0.2) is 12.6 Å². The molecule has 0 radical (unpaired) electrons. The summed E-state index contributed by atoms with van der Waals surface area (Å²) in [6, 6.07) is 28.1. The first kappa shape index (κ1) is 31.0. The second-order valence-corrected chi connectivity index (χ2v) is 10.8. The van der Waals surface area contributed by atoms with Crippen molar-refractivity contribution in [3.8, 4) is 11.5 Å². The zero-order valence-electron chi connectivity index (χ0n) is 25.0. The molecule has 0 unspecified atom stereocenters. The van der Waals surface area contributed by atoms with Gasteiger partial charge in [0.25, 0.3) is 0 Å². The van der Waals surface area contributed by atoms with Crippen LogP contribution >= 0.6 is 0 Å². The normalized spacial score (nSPS) is 11.3. The summed E-state index contributed by atoms with van der Waals surface area (Å²) in [5.41, 5.74) is 1.96. The van der Waals surface area contributed by atoms with E-state index in [2.05, 4.69) is 17.2 Å². The van der Waals surface area contributed by atoms with E-state index >= 15 is 0 Å². The van der Waals surface area contributed by atoms with Crippen LogP contribution in [0.25, 0.3) is 10.8 Å². The van der Waals surface area contributed by atoms with Crippen molar-refractivity contribution in [2.75, 3.05) is 6.61 Å². The smallest absolute Gasteiger partial charge is 0.343 e. The SMILES string of the molecule is CCCCCCCCCCCCCCOc1ccc(C(=O)Oc2ccc(N=Nc3ccccc3)c3ccccc23)cc1. The Morgan fingerprint density at radius 2 is 1.19 bits per heavy atom. The van der Waals surface area contributed by atoms with Crippen molar-refractivity contribution >= 4 is 28.1 Å². The Hall–Kier alpha value is -3.99. The quantitative estimate of drug-likeness (QED) is 0.0522. The molecule has 0 heterocycles. The van der Waals surface area contributed by atoms with Crippen LogP contribution in [0.1, 0.15) is 94.3 Å². The Kier molecular flexibility index (Phi) is 13.1. The van der Waals surface area contributed by atoms with Gasteiger partial charge in [-0.15, -0.1) is 5.11 Å². The van der Waals surface area contributed by atoms with Gasteiger partial charge in [0.15, 0.2) is 0 Å². The molecule has 220 valence electrons. The van der Waals surface area contributed by atoms with E-state index in [1.165, 1.54) is 70.6 Å². The topological polar surface area (TPSA) is 60.2 Å². The van der Waals surface area contributed by atoms with Gasteiger partial charge < -0.3 is 9.47 Å². The lowest BCUT2D eigenvalue weighted by Gasteiger charge is -2.10. The van der Waals surface area contributed by atoms with Gasteiger partial charge in [0, 0.05) is 10.8 Å². The highest BCUT2D eigenvalue weighted by atomic mass is 16.5. The van der Waals surface area contributed by atoms with Crippen LogP contribution in [0.4, 0.5) is 11.4 Å². The lowest BCUT2D eigenvalue weighted by molar-refractivity contribution is 0.0737. The molecule has 0 aliphatic heterocycles. The van der Waals surface area contributed by atoms with Crippen molar-refractivity contribution in [3.05, 3.63) is 96.6 Å². The fourth-order valence-corrected chi connectivity index (χ4v) is 5.02. The molecule has 0 saturated heterocycles. The number of fused-ring (bicyclic) bond motifs is 1. The van der Waals surface area contributed by atoms with Crippen LogP contribution in [0.5, 0.6) is 11.5 Å². The maximum absolute atomic E-state index is 12.9. The monoisotopic (exact) mass is 564 g/mol. The van der Waals surface area contributed by atoms with Crippen LogP contribution in [0, 0.1) is 0 Å². The highest BCUT2D eigenvalue weighted by molar-refractivity contribution is 5.99. The summed E-state index contributed by atoms with van der Waals surface area (Å²) < 4.78 is 11.7.